The van der Waals surface area contributed by atoms with Crippen molar-refractivity contribution in [3.63, 3.8) is 0 Å². The van der Waals surface area contributed by atoms with Crippen LogP contribution >= 0.6 is 12.2 Å². The molecule has 2 aromatic rings. The number of azo groups is 1. The van der Waals surface area contributed by atoms with E-state index in [9.17, 15) is 0 Å². The molecule has 1 heterocycles. The average molecular weight is 283 g/mol. The van der Waals surface area contributed by atoms with Crippen LogP contribution in [0.3, 0.4) is 0 Å². The minimum atomic E-state index is -0.236. The fourth-order valence-corrected chi connectivity index (χ4v) is 2.42. The summed E-state index contributed by atoms with van der Waals surface area (Å²) in [5.74, 6) is 0.795. The maximum atomic E-state index is 5.30. The first kappa shape index (κ1) is 12.7. The molecule has 0 bridgehead atoms. The lowest BCUT2D eigenvalue weighted by molar-refractivity contribution is 0.414. The largest absolute Gasteiger partial charge is 0.497 e. The third-order valence-corrected chi connectivity index (χ3v) is 3.41. The SMILES string of the molecule is COc1cccc(C2N=NC(=S)N2c2ccccc2)c1. The minimum Gasteiger partial charge on any atom is -0.497 e. The van der Waals surface area contributed by atoms with Crippen LogP contribution in [0.4, 0.5) is 5.69 Å². The number of rotatable bonds is 3. The van der Waals surface area contributed by atoms with Gasteiger partial charge in [0.1, 0.15) is 5.75 Å². The first-order valence-corrected chi connectivity index (χ1v) is 6.63. The van der Waals surface area contributed by atoms with E-state index in [0.717, 1.165) is 17.0 Å². The van der Waals surface area contributed by atoms with E-state index in [4.69, 9.17) is 17.0 Å². The van der Waals surface area contributed by atoms with Crippen LogP contribution in [0.1, 0.15) is 11.7 Å². The van der Waals surface area contributed by atoms with Crippen molar-refractivity contribution >= 4 is 23.0 Å². The third-order valence-electron chi connectivity index (χ3n) is 3.13. The molecule has 20 heavy (non-hydrogen) atoms. The van der Waals surface area contributed by atoms with Crippen molar-refractivity contribution in [2.45, 2.75) is 6.17 Å². The summed E-state index contributed by atoms with van der Waals surface area (Å²) in [6.45, 7) is 0. The summed E-state index contributed by atoms with van der Waals surface area (Å²) in [5.41, 5.74) is 1.98. The van der Waals surface area contributed by atoms with E-state index in [1.165, 1.54) is 0 Å². The quantitative estimate of drug-likeness (QED) is 0.800. The zero-order valence-corrected chi connectivity index (χ0v) is 11.7. The second kappa shape index (κ2) is 5.38. The molecule has 0 saturated carbocycles. The molecule has 1 aliphatic rings. The molecule has 3 rings (SSSR count). The number of para-hydroxylation sites is 1. The lowest BCUT2D eigenvalue weighted by Crippen LogP contribution is -2.26. The Balaban J connectivity index is 1.99. The minimum absolute atomic E-state index is 0.236. The van der Waals surface area contributed by atoms with Crippen LogP contribution < -0.4 is 9.64 Å². The Morgan fingerprint density at radius 2 is 1.90 bits per heavy atom. The number of ether oxygens (including phenoxy) is 1. The zero-order chi connectivity index (χ0) is 13.9. The molecule has 0 radical (unpaired) electrons. The normalized spacial score (nSPS) is 17.6. The van der Waals surface area contributed by atoms with E-state index in [-0.39, 0.29) is 6.17 Å². The Morgan fingerprint density at radius 3 is 2.65 bits per heavy atom. The molecule has 4 nitrogen and oxygen atoms in total. The van der Waals surface area contributed by atoms with E-state index in [2.05, 4.69) is 10.2 Å². The molecule has 2 aromatic carbocycles. The van der Waals surface area contributed by atoms with Crippen molar-refractivity contribution in [2.75, 3.05) is 12.0 Å². The van der Waals surface area contributed by atoms with Crippen LogP contribution in [0, 0.1) is 0 Å². The van der Waals surface area contributed by atoms with Crippen LogP contribution in [0.15, 0.2) is 64.8 Å². The number of benzene rings is 2. The number of methoxy groups -OCH3 is 1. The number of hydrogen-bond acceptors (Lipinski definition) is 3. The summed E-state index contributed by atoms with van der Waals surface area (Å²) in [6.07, 6.45) is -0.236. The number of anilines is 1. The van der Waals surface area contributed by atoms with Crippen molar-refractivity contribution < 1.29 is 4.74 Å². The molecule has 0 fully saturated rings. The van der Waals surface area contributed by atoms with E-state index >= 15 is 0 Å². The van der Waals surface area contributed by atoms with Crippen LogP contribution in [0.5, 0.6) is 5.75 Å². The van der Waals surface area contributed by atoms with Gasteiger partial charge in [-0.1, -0.05) is 30.3 Å². The summed E-state index contributed by atoms with van der Waals surface area (Å²) >= 11 is 5.30. The van der Waals surface area contributed by atoms with Crippen molar-refractivity contribution in [1.29, 1.82) is 0 Å². The molecule has 1 unspecified atom stereocenters. The van der Waals surface area contributed by atoms with Crippen molar-refractivity contribution in [3.8, 4) is 5.75 Å². The number of thiocarbonyl (C=S) groups is 1. The van der Waals surface area contributed by atoms with Crippen molar-refractivity contribution in [3.05, 3.63) is 60.2 Å². The van der Waals surface area contributed by atoms with Gasteiger partial charge in [0.25, 0.3) is 0 Å². The maximum absolute atomic E-state index is 5.30. The first-order chi connectivity index (χ1) is 9.79. The molecule has 100 valence electrons. The molecule has 0 N–H and O–H groups in total. The molecule has 5 heteroatoms. The van der Waals surface area contributed by atoms with Gasteiger partial charge in [-0.15, -0.1) is 5.11 Å². The Morgan fingerprint density at radius 1 is 1.10 bits per heavy atom. The van der Waals surface area contributed by atoms with E-state index < -0.39 is 0 Å². The van der Waals surface area contributed by atoms with Gasteiger partial charge in [-0.05, 0) is 36.5 Å². The van der Waals surface area contributed by atoms with Gasteiger partial charge in [0.15, 0.2) is 6.17 Å². The van der Waals surface area contributed by atoms with Gasteiger partial charge >= 0.3 is 0 Å². The van der Waals surface area contributed by atoms with Crippen LogP contribution in [0.25, 0.3) is 0 Å². The molecular formula is C15H13N3OS. The highest BCUT2D eigenvalue weighted by Gasteiger charge is 2.29. The maximum Gasteiger partial charge on any atom is 0.222 e. The Hall–Kier alpha value is -2.27. The Bertz CT molecular complexity index is 657. The monoisotopic (exact) mass is 283 g/mol. The topological polar surface area (TPSA) is 37.2 Å². The van der Waals surface area contributed by atoms with Crippen molar-refractivity contribution in [1.82, 2.24) is 0 Å². The molecule has 0 saturated heterocycles. The zero-order valence-electron chi connectivity index (χ0n) is 10.9. The van der Waals surface area contributed by atoms with Gasteiger partial charge < -0.3 is 4.74 Å². The lowest BCUT2D eigenvalue weighted by Gasteiger charge is -2.23. The fraction of sp³-hybridized carbons (Fsp3) is 0.133. The van der Waals surface area contributed by atoms with Gasteiger partial charge in [0.05, 0.1) is 7.11 Å². The first-order valence-electron chi connectivity index (χ1n) is 6.22. The second-order valence-corrected chi connectivity index (χ2v) is 4.72. The molecule has 0 aromatic heterocycles. The van der Waals surface area contributed by atoms with E-state index in [0.29, 0.717) is 5.11 Å². The van der Waals surface area contributed by atoms with Crippen LogP contribution in [-0.4, -0.2) is 12.2 Å². The number of nitrogens with zero attached hydrogens (tertiary/aromatic N) is 3. The summed E-state index contributed by atoms with van der Waals surface area (Å²) < 4.78 is 5.26. The highest BCUT2D eigenvalue weighted by molar-refractivity contribution is 7.80. The van der Waals surface area contributed by atoms with Crippen molar-refractivity contribution in [2.24, 2.45) is 10.2 Å². The van der Waals surface area contributed by atoms with Crippen LogP contribution in [-0.2, 0) is 0 Å². The number of hydrogen-bond donors (Lipinski definition) is 0. The predicted octanol–water partition coefficient (Wildman–Crippen LogP) is 3.95. The van der Waals surface area contributed by atoms with E-state index in [1.807, 2.05) is 59.5 Å². The highest BCUT2D eigenvalue weighted by atomic mass is 32.1. The summed E-state index contributed by atoms with van der Waals surface area (Å²) in [4.78, 5) is 1.93. The average Bonchev–Trinajstić information content (AvgIpc) is 2.90. The van der Waals surface area contributed by atoms with Gasteiger partial charge in [0, 0.05) is 11.3 Å². The molecule has 0 spiro atoms. The highest BCUT2D eigenvalue weighted by Crippen LogP contribution is 2.34. The molecular weight excluding hydrogens is 270 g/mol. The van der Waals surface area contributed by atoms with Gasteiger partial charge in [-0.2, -0.15) is 5.11 Å². The van der Waals surface area contributed by atoms with Gasteiger partial charge in [-0.3, -0.25) is 4.90 Å². The van der Waals surface area contributed by atoms with Crippen LogP contribution in [0.2, 0.25) is 0 Å². The second-order valence-electron chi connectivity index (χ2n) is 4.35. The molecule has 0 amide bonds. The molecule has 1 atom stereocenters. The summed E-state index contributed by atoms with van der Waals surface area (Å²) in [5, 5.41) is 8.80. The Kier molecular flexibility index (Phi) is 3.43. The predicted molar refractivity (Wildman–Crippen MR) is 82.1 cm³/mol. The van der Waals surface area contributed by atoms with E-state index in [1.54, 1.807) is 7.11 Å². The van der Waals surface area contributed by atoms with Gasteiger partial charge in [-0.25, -0.2) is 0 Å². The smallest absolute Gasteiger partial charge is 0.222 e. The summed E-state index contributed by atoms with van der Waals surface area (Å²) in [6, 6.07) is 17.7. The Labute approximate surface area is 122 Å². The molecule has 1 aliphatic heterocycles. The van der Waals surface area contributed by atoms with Gasteiger partial charge in [0.2, 0.25) is 5.11 Å². The molecule has 0 aliphatic carbocycles. The third kappa shape index (κ3) is 2.28. The lowest BCUT2D eigenvalue weighted by atomic mass is 10.1. The summed E-state index contributed by atoms with van der Waals surface area (Å²) in [7, 11) is 1.65. The standard InChI is InChI=1S/C15H13N3OS/c1-19-13-9-5-6-11(10-13)14-16-17-15(20)18(14)12-7-3-2-4-8-12/h2-10,14H,1H3. The fourth-order valence-electron chi connectivity index (χ4n) is 2.17.